The Labute approximate surface area is 117 Å². The van der Waals surface area contributed by atoms with Crippen LogP contribution in [-0.2, 0) is 11.2 Å². The van der Waals surface area contributed by atoms with Gasteiger partial charge in [0.1, 0.15) is 6.10 Å². The Balaban J connectivity index is 1.95. The summed E-state index contributed by atoms with van der Waals surface area (Å²) in [5.41, 5.74) is 1.77. The van der Waals surface area contributed by atoms with Crippen molar-refractivity contribution in [3.8, 4) is 5.75 Å². The lowest BCUT2D eigenvalue weighted by Crippen LogP contribution is -2.20. The van der Waals surface area contributed by atoms with Gasteiger partial charge in [-0.05, 0) is 29.3 Å². The Morgan fingerprint density at radius 3 is 2.40 bits per heavy atom. The molecule has 3 heteroatoms. The van der Waals surface area contributed by atoms with Crippen LogP contribution in [0, 0.1) is 0 Å². The molecule has 2 aromatic rings. The number of hydrogen-bond donors (Lipinski definition) is 1. The van der Waals surface area contributed by atoms with E-state index in [0.29, 0.717) is 5.75 Å². The molecule has 1 atom stereocenters. The summed E-state index contributed by atoms with van der Waals surface area (Å²) in [5.74, 6) is 0.0994. The van der Waals surface area contributed by atoms with E-state index in [-0.39, 0.29) is 12.2 Å². The van der Waals surface area contributed by atoms with E-state index in [1.807, 2.05) is 30.3 Å². The second-order valence-corrected chi connectivity index (χ2v) is 4.56. The Morgan fingerprint density at radius 2 is 1.75 bits per heavy atom. The van der Waals surface area contributed by atoms with Crippen molar-refractivity contribution in [1.82, 2.24) is 0 Å². The van der Waals surface area contributed by atoms with E-state index in [1.54, 1.807) is 30.3 Å². The second-order valence-electron chi connectivity index (χ2n) is 4.56. The number of aliphatic hydroxyl groups is 1. The Morgan fingerprint density at radius 1 is 1.10 bits per heavy atom. The van der Waals surface area contributed by atoms with E-state index in [1.165, 1.54) is 6.08 Å². The van der Waals surface area contributed by atoms with Crippen LogP contribution >= 0.6 is 0 Å². The normalized spacial score (nSPS) is 12.4. The Bertz CT molecular complexity index is 585. The summed E-state index contributed by atoms with van der Waals surface area (Å²) in [6, 6.07) is 16.3. The predicted molar refractivity (Wildman–Crippen MR) is 79.7 cm³/mol. The van der Waals surface area contributed by atoms with Gasteiger partial charge >= 0.3 is 0 Å². The zero-order valence-corrected chi connectivity index (χ0v) is 11.0. The molecule has 2 aromatic carbocycles. The standard InChI is InChI=1S/C17H16O3/c18-15-9-6-14(7-10-15)12-17(20)16(19)11-8-13-4-2-1-3-5-13/h1-11,17-18,20H,12H2/p+1/b11-8+/t17-/m1/s1. The molecule has 0 radical (unpaired) electrons. The van der Waals surface area contributed by atoms with Gasteiger partial charge < -0.3 is 10.2 Å². The fraction of sp³-hybridized carbons (Fsp3) is 0.118. The van der Waals surface area contributed by atoms with Crippen LogP contribution in [0.25, 0.3) is 6.08 Å². The van der Waals surface area contributed by atoms with Crippen LogP contribution in [0.1, 0.15) is 11.1 Å². The lowest BCUT2D eigenvalue weighted by Gasteiger charge is -2.06. The predicted octanol–water partition coefficient (Wildman–Crippen LogP) is 2.31. The monoisotopic (exact) mass is 269 g/mol. The first-order chi connectivity index (χ1) is 9.65. The Kier molecular flexibility index (Phi) is 4.69. The first-order valence-electron chi connectivity index (χ1n) is 6.41. The minimum Gasteiger partial charge on any atom is -0.593 e. The maximum absolute atomic E-state index is 11.8. The van der Waals surface area contributed by atoms with Crippen molar-refractivity contribution in [2.45, 2.75) is 12.5 Å². The zero-order valence-electron chi connectivity index (χ0n) is 11.0. The van der Waals surface area contributed by atoms with Crippen LogP contribution in [0.2, 0.25) is 0 Å². The molecule has 0 heterocycles. The van der Waals surface area contributed by atoms with Gasteiger partial charge in [0.2, 0.25) is 0 Å². The molecule has 0 amide bonds. The van der Waals surface area contributed by atoms with Crippen molar-refractivity contribution in [2.24, 2.45) is 0 Å². The van der Waals surface area contributed by atoms with Gasteiger partial charge in [-0.25, -0.2) is 0 Å². The number of rotatable bonds is 5. The van der Waals surface area contributed by atoms with Gasteiger partial charge in [0.15, 0.2) is 5.78 Å². The second kappa shape index (κ2) is 6.68. The highest BCUT2D eigenvalue weighted by molar-refractivity contribution is 5.96. The topological polar surface area (TPSA) is 60.2 Å². The van der Waals surface area contributed by atoms with Crippen molar-refractivity contribution in [3.05, 3.63) is 71.8 Å². The minimum atomic E-state index is -1.05. The first-order valence-corrected chi connectivity index (χ1v) is 6.41. The maximum atomic E-state index is 11.8. The fourth-order valence-corrected chi connectivity index (χ4v) is 1.82. The Hall–Kier alpha value is -2.39. The molecule has 0 unspecified atom stereocenters. The van der Waals surface area contributed by atoms with E-state index < -0.39 is 6.10 Å². The number of ketones is 1. The van der Waals surface area contributed by atoms with Crippen LogP contribution < -0.4 is 0 Å². The molecule has 3 N–H and O–H groups in total. The number of carbonyl (C=O) groups is 1. The molecule has 0 aliphatic heterocycles. The van der Waals surface area contributed by atoms with Crippen molar-refractivity contribution in [2.75, 3.05) is 0 Å². The van der Waals surface area contributed by atoms with Crippen molar-refractivity contribution in [3.63, 3.8) is 0 Å². The molecule has 20 heavy (non-hydrogen) atoms. The molecule has 0 aromatic heterocycles. The van der Waals surface area contributed by atoms with Gasteiger partial charge in [0.05, 0.1) is 0 Å². The minimum absolute atomic E-state index is 0.262. The van der Waals surface area contributed by atoms with E-state index in [2.05, 4.69) is 0 Å². The van der Waals surface area contributed by atoms with Crippen LogP contribution in [0.3, 0.4) is 0 Å². The highest BCUT2D eigenvalue weighted by Gasteiger charge is 2.12. The van der Waals surface area contributed by atoms with Crippen LogP contribution in [0.4, 0.5) is 0 Å². The molecule has 0 saturated heterocycles. The molecule has 102 valence electrons. The summed E-state index contributed by atoms with van der Waals surface area (Å²) in [4.78, 5) is 11.8. The average Bonchev–Trinajstić information content (AvgIpc) is 2.48. The van der Waals surface area contributed by atoms with E-state index in [9.17, 15) is 9.90 Å². The third-order valence-electron chi connectivity index (χ3n) is 2.95. The molecule has 0 saturated carbocycles. The average molecular weight is 269 g/mol. The molecule has 0 bridgehead atoms. The number of benzene rings is 2. The van der Waals surface area contributed by atoms with Gasteiger partial charge in [-0.3, -0.25) is 4.79 Å². The third kappa shape index (κ3) is 4.07. The quantitative estimate of drug-likeness (QED) is 0.669. The summed E-state index contributed by atoms with van der Waals surface area (Å²) in [6.45, 7) is 0. The fourth-order valence-electron chi connectivity index (χ4n) is 1.82. The summed E-state index contributed by atoms with van der Waals surface area (Å²) < 4.78 is 0. The van der Waals surface area contributed by atoms with Crippen LogP contribution in [0.15, 0.2) is 60.7 Å². The third-order valence-corrected chi connectivity index (χ3v) is 2.95. The largest absolute Gasteiger partial charge is 0.593 e. The molecule has 0 spiro atoms. The number of aliphatic hydroxyl groups excluding tert-OH is 1. The van der Waals surface area contributed by atoms with Gasteiger partial charge in [-0.2, -0.15) is 0 Å². The summed E-state index contributed by atoms with van der Waals surface area (Å²) in [5, 5.41) is 17.2. The SMILES string of the molecule is O=C(/C=C/c1ccccc1)[C@H](O)Cc1ccc([OH2+])cc1. The molecule has 3 nitrogen and oxygen atoms in total. The summed E-state index contributed by atoms with van der Waals surface area (Å²) in [7, 11) is 0. The van der Waals surface area contributed by atoms with Crippen molar-refractivity contribution in [1.29, 1.82) is 0 Å². The molecule has 0 aliphatic carbocycles. The molecular formula is C17H17O3+. The number of hydrogen-bond acceptors (Lipinski definition) is 2. The van der Waals surface area contributed by atoms with Crippen molar-refractivity contribution >= 4 is 11.9 Å². The molecular weight excluding hydrogens is 252 g/mol. The maximum Gasteiger partial charge on any atom is 0.253 e. The van der Waals surface area contributed by atoms with E-state index >= 15 is 0 Å². The highest BCUT2D eigenvalue weighted by atomic mass is 16.3. The zero-order chi connectivity index (χ0) is 14.4. The lowest BCUT2D eigenvalue weighted by atomic mass is 10.0. The summed E-state index contributed by atoms with van der Waals surface area (Å²) in [6.07, 6.45) is 2.31. The van der Waals surface area contributed by atoms with Gasteiger partial charge in [-0.15, -0.1) is 0 Å². The van der Waals surface area contributed by atoms with Gasteiger partial charge in [-0.1, -0.05) is 36.4 Å². The van der Waals surface area contributed by atoms with E-state index in [0.717, 1.165) is 11.1 Å². The highest BCUT2D eigenvalue weighted by Crippen LogP contribution is 2.12. The van der Waals surface area contributed by atoms with Crippen LogP contribution in [-0.4, -0.2) is 22.1 Å². The van der Waals surface area contributed by atoms with Crippen molar-refractivity contribution < 1.29 is 15.0 Å². The first kappa shape index (κ1) is 14.0. The smallest absolute Gasteiger partial charge is 0.253 e. The van der Waals surface area contributed by atoms with E-state index in [4.69, 9.17) is 5.11 Å². The van der Waals surface area contributed by atoms with Gasteiger partial charge in [0.25, 0.3) is 5.75 Å². The number of carbonyl (C=O) groups excluding carboxylic acids is 1. The molecule has 0 fully saturated rings. The van der Waals surface area contributed by atoms with Crippen LogP contribution in [0.5, 0.6) is 5.75 Å². The van der Waals surface area contributed by atoms with Gasteiger partial charge in [0, 0.05) is 18.6 Å². The molecule has 2 rings (SSSR count). The summed E-state index contributed by atoms with van der Waals surface area (Å²) >= 11 is 0. The molecule has 0 aliphatic rings. The lowest BCUT2D eigenvalue weighted by molar-refractivity contribution is -0.122.